The van der Waals surface area contributed by atoms with Gasteiger partial charge in [-0.3, -0.25) is 4.79 Å². The van der Waals surface area contributed by atoms with Crippen molar-refractivity contribution in [1.82, 2.24) is 5.32 Å². The zero-order valence-corrected chi connectivity index (χ0v) is 11.4. The van der Waals surface area contributed by atoms with Gasteiger partial charge >= 0.3 is 0 Å². The fraction of sp³-hybridized carbons (Fsp3) is 0.500. The van der Waals surface area contributed by atoms with Gasteiger partial charge in [0.05, 0.1) is 0 Å². The van der Waals surface area contributed by atoms with Gasteiger partial charge in [0.15, 0.2) is 0 Å². The monoisotopic (exact) mass is 253 g/mol. The average Bonchev–Trinajstić information content (AvgIpc) is 2.28. The van der Waals surface area contributed by atoms with E-state index in [1.807, 2.05) is 31.2 Å². The van der Waals surface area contributed by atoms with Crippen LogP contribution in [0.1, 0.15) is 32.8 Å². The summed E-state index contributed by atoms with van der Waals surface area (Å²) >= 11 is 5.80. The van der Waals surface area contributed by atoms with Crippen molar-refractivity contribution < 1.29 is 4.79 Å². The first-order valence-electron chi connectivity index (χ1n) is 6.03. The minimum atomic E-state index is 0.112. The Kier molecular flexibility index (Phi) is 5.49. The lowest BCUT2D eigenvalue weighted by Crippen LogP contribution is -2.36. The van der Waals surface area contributed by atoms with Crippen molar-refractivity contribution in [3.8, 4) is 0 Å². The second-order valence-electron chi connectivity index (χ2n) is 4.73. The first-order valence-corrected chi connectivity index (χ1v) is 6.40. The Balaban J connectivity index is 2.35. The van der Waals surface area contributed by atoms with Crippen molar-refractivity contribution in [1.29, 1.82) is 0 Å². The van der Waals surface area contributed by atoms with E-state index in [-0.39, 0.29) is 11.9 Å². The molecule has 0 saturated heterocycles. The van der Waals surface area contributed by atoms with Crippen LogP contribution < -0.4 is 5.32 Å². The number of aryl methyl sites for hydroxylation is 1. The summed E-state index contributed by atoms with van der Waals surface area (Å²) in [6.45, 7) is 6.24. The van der Waals surface area contributed by atoms with Crippen molar-refractivity contribution in [2.24, 2.45) is 5.92 Å². The van der Waals surface area contributed by atoms with Gasteiger partial charge in [0.25, 0.3) is 0 Å². The van der Waals surface area contributed by atoms with E-state index >= 15 is 0 Å². The number of carbonyl (C=O) groups is 1. The molecule has 0 aromatic heterocycles. The fourth-order valence-corrected chi connectivity index (χ4v) is 1.53. The Labute approximate surface area is 108 Å². The van der Waals surface area contributed by atoms with Crippen LogP contribution in [0.15, 0.2) is 24.3 Å². The fourth-order valence-electron chi connectivity index (χ4n) is 1.40. The van der Waals surface area contributed by atoms with Gasteiger partial charge in [0.1, 0.15) is 0 Å². The molecule has 0 spiro atoms. The van der Waals surface area contributed by atoms with Gasteiger partial charge in [-0.1, -0.05) is 37.6 Å². The highest BCUT2D eigenvalue weighted by molar-refractivity contribution is 6.30. The van der Waals surface area contributed by atoms with Crippen molar-refractivity contribution >= 4 is 17.5 Å². The van der Waals surface area contributed by atoms with Gasteiger partial charge in [0, 0.05) is 17.5 Å². The molecule has 0 aliphatic carbocycles. The van der Waals surface area contributed by atoms with Crippen LogP contribution >= 0.6 is 11.6 Å². The number of halogens is 1. The van der Waals surface area contributed by atoms with Crippen LogP contribution in [-0.2, 0) is 11.2 Å². The maximum absolute atomic E-state index is 11.7. The van der Waals surface area contributed by atoms with Gasteiger partial charge in [-0.2, -0.15) is 0 Å². The Morgan fingerprint density at radius 1 is 1.24 bits per heavy atom. The molecule has 0 bridgehead atoms. The summed E-state index contributed by atoms with van der Waals surface area (Å²) in [5.41, 5.74) is 1.14. The molecule has 1 atom stereocenters. The van der Waals surface area contributed by atoms with Crippen LogP contribution in [0.25, 0.3) is 0 Å². The van der Waals surface area contributed by atoms with E-state index in [0.29, 0.717) is 12.3 Å². The van der Waals surface area contributed by atoms with Gasteiger partial charge in [0.2, 0.25) is 5.91 Å². The predicted molar refractivity (Wildman–Crippen MR) is 72.2 cm³/mol. The zero-order valence-electron chi connectivity index (χ0n) is 10.7. The van der Waals surface area contributed by atoms with E-state index in [1.54, 1.807) is 0 Å². The molecule has 0 saturated carbocycles. The van der Waals surface area contributed by atoms with Crippen LogP contribution in [0.5, 0.6) is 0 Å². The van der Waals surface area contributed by atoms with Crippen LogP contribution in [0.4, 0.5) is 0 Å². The highest BCUT2D eigenvalue weighted by atomic mass is 35.5. The molecule has 0 fully saturated rings. The lowest BCUT2D eigenvalue weighted by atomic mass is 10.1. The third-order valence-corrected chi connectivity index (χ3v) is 3.19. The number of rotatable bonds is 5. The van der Waals surface area contributed by atoms with E-state index in [0.717, 1.165) is 17.0 Å². The first kappa shape index (κ1) is 14.0. The standard InChI is InChI=1S/C14H20ClNO/c1-10(2)11(3)16-14(17)9-6-12-4-7-13(15)8-5-12/h4-5,7-8,10-11H,6,9H2,1-3H3,(H,16,17). The summed E-state index contributed by atoms with van der Waals surface area (Å²) in [6.07, 6.45) is 1.28. The third-order valence-electron chi connectivity index (χ3n) is 2.94. The van der Waals surface area contributed by atoms with E-state index in [2.05, 4.69) is 19.2 Å². The number of hydrogen-bond donors (Lipinski definition) is 1. The minimum absolute atomic E-state index is 0.112. The molecule has 94 valence electrons. The smallest absolute Gasteiger partial charge is 0.220 e. The number of amides is 1. The summed E-state index contributed by atoms with van der Waals surface area (Å²) in [5.74, 6) is 0.579. The summed E-state index contributed by atoms with van der Waals surface area (Å²) < 4.78 is 0. The Morgan fingerprint density at radius 3 is 2.35 bits per heavy atom. The summed E-state index contributed by atoms with van der Waals surface area (Å²) in [4.78, 5) is 11.7. The Bertz CT molecular complexity index is 359. The summed E-state index contributed by atoms with van der Waals surface area (Å²) in [7, 11) is 0. The SMILES string of the molecule is CC(C)C(C)NC(=O)CCc1ccc(Cl)cc1. The molecule has 1 aromatic rings. The quantitative estimate of drug-likeness (QED) is 0.856. The lowest BCUT2D eigenvalue weighted by Gasteiger charge is -2.17. The van der Waals surface area contributed by atoms with Crippen molar-refractivity contribution in [2.75, 3.05) is 0 Å². The average molecular weight is 254 g/mol. The highest BCUT2D eigenvalue weighted by Crippen LogP contribution is 2.11. The molecule has 1 aromatic carbocycles. The number of hydrogen-bond acceptors (Lipinski definition) is 1. The van der Waals surface area contributed by atoms with E-state index in [4.69, 9.17) is 11.6 Å². The van der Waals surface area contributed by atoms with Crippen LogP contribution in [-0.4, -0.2) is 11.9 Å². The molecule has 2 nitrogen and oxygen atoms in total. The maximum Gasteiger partial charge on any atom is 0.220 e. The van der Waals surface area contributed by atoms with Crippen LogP contribution in [0, 0.1) is 5.92 Å². The molecule has 1 rings (SSSR count). The number of nitrogens with one attached hydrogen (secondary N) is 1. The van der Waals surface area contributed by atoms with Crippen molar-refractivity contribution in [2.45, 2.75) is 39.7 Å². The number of benzene rings is 1. The molecule has 0 heterocycles. The number of carbonyl (C=O) groups excluding carboxylic acids is 1. The molecule has 0 aliphatic rings. The molecule has 1 unspecified atom stereocenters. The van der Waals surface area contributed by atoms with Crippen molar-refractivity contribution in [3.05, 3.63) is 34.9 Å². The first-order chi connectivity index (χ1) is 7.99. The van der Waals surface area contributed by atoms with Gasteiger partial charge in [-0.25, -0.2) is 0 Å². The molecule has 3 heteroatoms. The topological polar surface area (TPSA) is 29.1 Å². The van der Waals surface area contributed by atoms with Crippen molar-refractivity contribution in [3.63, 3.8) is 0 Å². The largest absolute Gasteiger partial charge is 0.353 e. The normalized spacial score (nSPS) is 12.5. The van der Waals surface area contributed by atoms with Gasteiger partial charge in [-0.15, -0.1) is 0 Å². The molecular weight excluding hydrogens is 234 g/mol. The molecule has 0 radical (unpaired) electrons. The Morgan fingerprint density at radius 2 is 1.82 bits per heavy atom. The zero-order chi connectivity index (χ0) is 12.8. The third kappa shape index (κ3) is 5.22. The Hall–Kier alpha value is -1.02. The molecule has 1 amide bonds. The van der Waals surface area contributed by atoms with E-state index < -0.39 is 0 Å². The maximum atomic E-state index is 11.7. The molecule has 17 heavy (non-hydrogen) atoms. The highest BCUT2D eigenvalue weighted by Gasteiger charge is 2.10. The summed E-state index contributed by atoms with van der Waals surface area (Å²) in [6, 6.07) is 7.85. The molecular formula is C14H20ClNO. The van der Waals surface area contributed by atoms with Crippen LogP contribution in [0.2, 0.25) is 5.02 Å². The molecule has 1 N–H and O–H groups in total. The van der Waals surface area contributed by atoms with Gasteiger partial charge < -0.3 is 5.32 Å². The molecule has 0 aliphatic heterocycles. The van der Waals surface area contributed by atoms with Gasteiger partial charge in [-0.05, 0) is 37.0 Å². The minimum Gasteiger partial charge on any atom is -0.353 e. The second kappa shape index (κ2) is 6.65. The summed E-state index contributed by atoms with van der Waals surface area (Å²) in [5, 5.41) is 3.72. The van der Waals surface area contributed by atoms with E-state index in [9.17, 15) is 4.79 Å². The van der Waals surface area contributed by atoms with Crippen LogP contribution in [0.3, 0.4) is 0 Å². The second-order valence-corrected chi connectivity index (χ2v) is 5.16. The lowest BCUT2D eigenvalue weighted by molar-refractivity contribution is -0.121. The predicted octanol–water partition coefficient (Wildman–Crippen LogP) is 3.43. The van der Waals surface area contributed by atoms with E-state index in [1.165, 1.54) is 0 Å².